The van der Waals surface area contributed by atoms with Crippen molar-refractivity contribution in [2.45, 2.75) is 5.03 Å². The lowest BCUT2D eigenvalue weighted by molar-refractivity contribution is 0.102. The molecule has 10 heteroatoms. The van der Waals surface area contributed by atoms with Gasteiger partial charge in [0.1, 0.15) is 11.9 Å². The average molecular weight is 433 g/mol. The molecule has 7 N–H and O–H groups in total. The Morgan fingerprint density at radius 3 is 2.61 bits per heavy atom. The Balaban J connectivity index is 1.95. The predicted molar refractivity (Wildman–Crippen MR) is 121 cm³/mol. The summed E-state index contributed by atoms with van der Waals surface area (Å²) in [5.41, 5.74) is 4.25. The summed E-state index contributed by atoms with van der Waals surface area (Å²) >= 11 is 1.15. The number of thioether (sulfide) groups is 1. The Bertz CT molecular complexity index is 1220. The molecular weight excluding hydrogens is 414 g/mol. The third-order valence-corrected chi connectivity index (χ3v) is 5.28. The molecule has 0 saturated heterocycles. The summed E-state index contributed by atoms with van der Waals surface area (Å²) < 4.78 is 0. The number of amides is 1. The van der Waals surface area contributed by atoms with E-state index in [-0.39, 0.29) is 22.8 Å². The second-order valence-corrected chi connectivity index (χ2v) is 7.26. The Morgan fingerprint density at radius 2 is 1.94 bits per heavy atom. The average Bonchev–Trinajstić information content (AvgIpc) is 2.80. The number of aromatic nitrogens is 1. The summed E-state index contributed by atoms with van der Waals surface area (Å²) in [6.07, 6.45) is 0. The van der Waals surface area contributed by atoms with Gasteiger partial charge in [0.25, 0.3) is 5.91 Å². The maximum absolute atomic E-state index is 12.6. The van der Waals surface area contributed by atoms with E-state index >= 15 is 0 Å². The van der Waals surface area contributed by atoms with Gasteiger partial charge in [0.05, 0.1) is 16.3 Å². The van der Waals surface area contributed by atoms with Crippen LogP contribution < -0.4 is 28.0 Å². The lowest BCUT2D eigenvalue weighted by Crippen LogP contribution is -2.33. The number of rotatable bonds is 6. The Morgan fingerprint density at radius 1 is 1.16 bits per heavy atom. The van der Waals surface area contributed by atoms with Crippen molar-refractivity contribution in [1.82, 2.24) is 10.4 Å². The highest BCUT2D eigenvalue weighted by Gasteiger charge is 2.15. The fourth-order valence-electron chi connectivity index (χ4n) is 2.79. The second kappa shape index (κ2) is 10.1. The van der Waals surface area contributed by atoms with Gasteiger partial charge in [0.15, 0.2) is 0 Å². The number of hydrazone groups is 1. The lowest BCUT2D eigenvalue weighted by atomic mass is 10.00. The van der Waals surface area contributed by atoms with Crippen LogP contribution in [-0.4, -0.2) is 22.5 Å². The fraction of sp³-hybridized carbons (Fsp3) is 0.0476. The number of para-hydroxylation sites is 1. The van der Waals surface area contributed by atoms with Crippen molar-refractivity contribution in [3.8, 4) is 17.2 Å². The number of amidine groups is 1. The number of pyridine rings is 1. The fourth-order valence-corrected chi connectivity index (χ4v) is 3.70. The topological polar surface area (TPSA) is 162 Å². The van der Waals surface area contributed by atoms with Gasteiger partial charge in [-0.3, -0.25) is 9.59 Å². The number of hydrazine groups is 1. The zero-order chi connectivity index (χ0) is 22.2. The molecule has 1 heterocycles. The molecular formula is C21H19N7O2S. The first-order valence-corrected chi connectivity index (χ1v) is 10.0. The maximum atomic E-state index is 12.6. The predicted octanol–water partition coefficient (Wildman–Crippen LogP) is 1.99. The highest BCUT2D eigenvalue weighted by molar-refractivity contribution is 8.00. The van der Waals surface area contributed by atoms with Crippen molar-refractivity contribution in [1.29, 1.82) is 5.26 Å². The Hall–Kier alpha value is -4.07. The number of nitrogens with two attached hydrogens (primary N) is 2. The lowest BCUT2D eigenvalue weighted by Gasteiger charge is -2.11. The number of H-pyrrole nitrogens is 1. The molecule has 1 amide bonds. The summed E-state index contributed by atoms with van der Waals surface area (Å²) in [6.45, 7) is 0. The summed E-state index contributed by atoms with van der Waals surface area (Å²) in [7, 11) is 0. The minimum Gasteiger partial charge on any atom is -0.322 e. The quantitative estimate of drug-likeness (QED) is 0.130. The molecule has 156 valence electrons. The van der Waals surface area contributed by atoms with Gasteiger partial charge in [0, 0.05) is 22.9 Å². The molecule has 2 aromatic carbocycles. The molecule has 0 aliphatic heterocycles. The normalized spacial score (nSPS) is 10.9. The van der Waals surface area contributed by atoms with Gasteiger partial charge < -0.3 is 21.6 Å². The van der Waals surface area contributed by atoms with Crippen molar-refractivity contribution >= 4 is 29.2 Å². The monoisotopic (exact) mass is 433 g/mol. The van der Waals surface area contributed by atoms with Crippen LogP contribution in [0.2, 0.25) is 0 Å². The number of hydrogen-bond donors (Lipinski definition) is 5. The number of nitriles is 1. The van der Waals surface area contributed by atoms with Gasteiger partial charge in [-0.05, 0) is 29.8 Å². The number of aromatic amines is 1. The van der Waals surface area contributed by atoms with Crippen LogP contribution in [0.1, 0.15) is 15.9 Å². The van der Waals surface area contributed by atoms with E-state index in [1.807, 2.05) is 18.2 Å². The molecule has 0 aliphatic rings. The molecule has 3 rings (SSSR count). The van der Waals surface area contributed by atoms with Crippen LogP contribution in [0.4, 0.5) is 5.69 Å². The van der Waals surface area contributed by atoms with E-state index in [0.717, 1.165) is 11.8 Å². The van der Waals surface area contributed by atoms with E-state index in [1.54, 1.807) is 36.4 Å². The standard InChI is InChI=1S/C21H19N7O2S/c22-11-17-16(10-19(29)26-21(17)31-12-18(27-23)28-24)13-5-4-6-14(9-13)20(30)25-15-7-2-1-3-8-15/h1-10H,12,23-24H2,(H,25,30)(H,26,29)(H,27,28). The highest BCUT2D eigenvalue weighted by Crippen LogP contribution is 2.29. The van der Waals surface area contributed by atoms with Crippen molar-refractivity contribution in [3.63, 3.8) is 0 Å². The molecule has 31 heavy (non-hydrogen) atoms. The number of benzene rings is 2. The van der Waals surface area contributed by atoms with Crippen LogP contribution in [0.15, 0.2) is 75.6 Å². The summed E-state index contributed by atoms with van der Waals surface area (Å²) in [5.74, 6) is 10.8. The van der Waals surface area contributed by atoms with E-state index in [1.165, 1.54) is 6.07 Å². The van der Waals surface area contributed by atoms with Crippen molar-refractivity contribution in [2.75, 3.05) is 11.1 Å². The first kappa shape index (κ1) is 21.6. The van der Waals surface area contributed by atoms with E-state index in [2.05, 4.69) is 26.9 Å². The van der Waals surface area contributed by atoms with Crippen LogP contribution in [0.3, 0.4) is 0 Å². The van der Waals surface area contributed by atoms with Crippen LogP contribution in [0.25, 0.3) is 11.1 Å². The van der Waals surface area contributed by atoms with E-state index < -0.39 is 0 Å². The molecule has 0 spiro atoms. The van der Waals surface area contributed by atoms with Gasteiger partial charge in [-0.15, -0.1) is 0 Å². The van der Waals surface area contributed by atoms with E-state index in [9.17, 15) is 14.9 Å². The van der Waals surface area contributed by atoms with Crippen LogP contribution in [-0.2, 0) is 0 Å². The van der Waals surface area contributed by atoms with Gasteiger partial charge >= 0.3 is 0 Å². The first-order valence-electron chi connectivity index (χ1n) is 9.06. The van der Waals surface area contributed by atoms with Crippen LogP contribution in [0.5, 0.6) is 0 Å². The minimum atomic E-state index is -0.386. The number of carbonyl (C=O) groups is 1. The first-order chi connectivity index (χ1) is 15.0. The second-order valence-electron chi connectivity index (χ2n) is 6.27. The number of nitrogens with zero attached hydrogens (tertiary/aromatic N) is 2. The van der Waals surface area contributed by atoms with Crippen molar-refractivity contribution < 1.29 is 4.79 Å². The molecule has 0 unspecified atom stereocenters. The third kappa shape index (κ3) is 5.30. The molecule has 0 radical (unpaired) electrons. The number of anilines is 1. The van der Waals surface area contributed by atoms with Crippen molar-refractivity contribution in [3.05, 3.63) is 82.1 Å². The van der Waals surface area contributed by atoms with Crippen molar-refractivity contribution in [2.24, 2.45) is 16.8 Å². The number of hydrogen-bond acceptors (Lipinski definition) is 7. The molecule has 0 saturated carbocycles. The molecule has 0 bridgehead atoms. The SMILES string of the molecule is N#Cc1c(-c2cccc(C(=O)Nc3ccccc3)c2)cc(=O)[nH]c1SC/C(=N/N)NN. The molecule has 0 atom stereocenters. The summed E-state index contributed by atoms with van der Waals surface area (Å²) in [5, 5.41) is 16.4. The molecule has 0 fully saturated rings. The van der Waals surface area contributed by atoms with Gasteiger partial charge in [-0.25, -0.2) is 5.84 Å². The molecule has 1 aromatic heterocycles. The smallest absolute Gasteiger partial charge is 0.255 e. The van der Waals surface area contributed by atoms with Gasteiger partial charge in [-0.1, -0.05) is 42.1 Å². The van der Waals surface area contributed by atoms with Gasteiger partial charge in [0.2, 0.25) is 5.56 Å². The Labute approximate surface area is 182 Å². The number of carbonyl (C=O) groups excluding carboxylic acids is 1. The summed E-state index contributed by atoms with van der Waals surface area (Å²) in [4.78, 5) is 27.5. The van der Waals surface area contributed by atoms with Crippen LogP contribution in [0, 0.1) is 11.3 Å². The van der Waals surface area contributed by atoms with Crippen LogP contribution >= 0.6 is 11.8 Å². The zero-order valence-corrected chi connectivity index (χ0v) is 17.1. The van der Waals surface area contributed by atoms with Gasteiger partial charge in [-0.2, -0.15) is 10.4 Å². The minimum absolute atomic E-state index is 0.223. The highest BCUT2D eigenvalue weighted by atomic mass is 32.2. The zero-order valence-electron chi connectivity index (χ0n) is 16.3. The van der Waals surface area contributed by atoms with E-state index in [0.29, 0.717) is 33.2 Å². The van der Waals surface area contributed by atoms with E-state index in [4.69, 9.17) is 11.7 Å². The number of nitrogens with one attached hydrogen (secondary N) is 3. The maximum Gasteiger partial charge on any atom is 0.255 e. The summed E-state index contributed by atoms with van der Waals surface area (Å²) in [6, 6.07) is 19.2. The third-order valence-electron chi connectivity index (χ3n) is 4.26. The molecule has 9 nitrogen and oxygen atoms in total. The Kier molecular flexibility index (Phi) is 7.05. The molecule has 0 aliphatic carbocycles. The largest absolute Gasteiger partial charge is 0.322 e. The molecule has 3 aromatic rings.